The summed E-state index contributed by atoms with van der Waals surface area (Å²) < 4.78 is 11.8. The highest BCUT2D eigenvalue weighted by Crippen LogP contribution is 2.42. The van der Waals surface area contributed by atoms with E-state index in [9.17, 15) is 9.59 Å². The van der Waals surface area contributed by atoms with Crippen molar-refractivity contribution in [1.82, 2.24) is 15.4 Å². The number of carbonyl (C=O) groups excluding carboxylic acids is 2. The number of hydrogen-bond donors (Lipinski definition) is 2. The van der Waals surface area contributed by atoms with Crippen molar-refractivity contribution < 1.29 is 23.9 Å². The predicted octanol–water partition coefficient (Wildman–Crippen LogP) is 4.54. The predicted molar refractivity (Wildman–Crippen MR) is 139 cm³/mol. The first kappa shape index (κ1) is 23.9. The minimum absolute atomic E-state index is 0.0677. The van der Waals surface area contributed by atoms with Crippen molar-refractivity contribution in [3.8, 4) is 5.75 Å². The zero-order chi connectivity index (χ0) is 25.4. The van der Waals surface area contributed by atoms with Crippen LogP contribution in [0.3, 0.4) is 0 Å². The Hall–Kier alpha value is -3.46. The zero-order valence-electron chi connectivity index (χ0n) is 20.9. The van der Waals surface area contributed by atoms with Crippen LogP contribution in [-0.4, -0.2) is 53.2 Å². The molecule has 2 atom stereocenters. The summed E-state index contributed by atoms with van der Waals surface area (Å²) in [4.78, 5) is 36.2. The number of nitrogens with zero attached hydrogens (tertiary/aromatic N) is 1. The summed E-state index contributed by atoms with van der Waals surface area (Å²) in [5, 5.41) is 1.23. The van der Waals surface area contributed by atoms with Gasteiger partial charge in [0.1, 0.15) is 11.4 Å². The van der Waals surface area contributed by atoms with Crippen molar-refractivity contribution in [1.29, 1.82) is 0 Å². The molecule has 2 unspecified atom stereocenters. The average molecular weight is 502 g/mol. The van der Waals surface area contributed by atoms with Gasteiger partial charge in [-0.3, -0.25) is 14.5 Å². The molecular formula is C29H31N3O5. The van der Waals surface area contributed by atoms with Crippen LogP contribution in [0, 0.1) is 0 Å². The minimum Gasteiger partial charge on any atom is -0.483 e. The number of aromatic amines is 1. The van der Waals surface area contributed by atoms with Gasteiger partial charge in [-0.2, -0.15) is 0 Å². The van der Waals surface area contributed by atoms with E-state index in [-0.39, 0.29) is 17.7 Å². The summed E-state index contributed by atoms with van der Waals surface area (Å²) in [6, 6.07) is 14.0. The van der Waals surface area contributed by atoms with Crippen LogP contribution in [-0.2, 0) is 14.4 Å². The number of ketones is 1. The quantitative estimate of drug-likeness (QED) is 0.381. The Morgan fingerprint density at radius 3 is 2.95 bits per heavy atom. The third kappa shape index (κ3) is 4.80. The summed E-state index contributed by atoms with van der Waals surface area (Å²) in [6.07, 6.45) is 7.86. The highest BCUT2D eigenvalue weighted by Gasteiger charge is 2.51. The normalized spacial score (nSPS) is 22.0. The summed E-state index contributed by atoms with van der Waals surface area (Å²) in [7, 11) is 0. The second kappa shape index (κ2) is 9.78. The number of Topliss-reactive ketones (excluding diaryl/α,β-unsaturated/α-hetero) is 1. The number of benzene rings is 2. The Morgan fingerprint density at radius 1 is 1.24 bits per heavy atom. The molecule has 2 aromatic carbocycles. The fourth-order valence-corrected chi connectivity index (χ4v) is 5.53. The molecule has 0 bridgehead atoms. The third-order valence-corrected chi connectivity index (χ3v) is 7.57. The maximum Gasteiger partial charge on any atom is 0.267 e. The molecule has 1 aromatic heterocycles. The molecule has 2 N–H and O–H groups in total. The van der Waals surface area contributed by atoms with Gasteiger partial charge in [0.05, 0.1) is 12.0 Å². The molecule has 8 heteroatoms. The number of rotatable bonds is 6. The van der Waals surface area contributed by atoms with E-state index in [1.165, 1.54) is 17.0 Å². The number of ether oxygens (including phenoxy) is 2. The van der Waals surface area contributed by atoms with Crippen molar-refractivity contribution in [2.24, 2.45) is 0 Å². The molecule has 2 saturated heterocycles. The first-order valence-electron chi connectivity index (χ1n) is 12.9. The Morgan fingerprint density at radius 2 is 2.11 bits per heavy atom. The molecule has 3 aliphatic rings. The smallest absolute Gasteiger partial charge is 0.267 e. The Labute approximate surface area is 215 Å². The fraction of sp³-hybridized carbons (Fsp3) is 0.379. The molecule has 192 valence electrons. The third-order valence-electron chi connectivity index (χ3n) is 7.57. The Bertz CT molecular complexity index is 1350. The van der Waals surface area contributed by atoms with Gasteiger partial charge in [-0.25, -0.2) is 10.3 Å². The maximum absolute atomic E-state index is 13.1. The SMILES string of the molecule is CC(c1c[nH]c2ccccc12)N1CC2(CC(=O)c3cc(C=CC(=O)NOC4CCCCO4)ccc3O2)C1. The number of aromatic nitrogens is 1. The van der Waals surface area contributed by atoms with Crippen LogP contribution in [0.25, 0.3) is 17.0 Å². The van der Waals surface area contributed by atoms with Crippen LogP contribution in [0.15, 0.2) is 54.7 Å². The number of nitrogens with one attached hydrogen (secondary N) is 2. The van der Waals surface area contributed by atoms with E-state index in [0.29, 0.717) is 37.4 Å². The Kier molecular flexibility index (Phi) is 6.32. The average Bonchev–Trinajstić information content (AvgIpc) is 3.34. The van der Waals surface area contributed by atoms with Gasteiger partial charge in [-0.05, 0) is 55.2 Å². The second-order valence-electron chi connectivity index (χ2n) is 10.2. The molecule has 3 aromatic rings. The van der Waals surface area contributed by atoms with E-state index in [2.05, 4.69) is 46.7 Å². The van der Waals surface area contributed by atoms with Crippen LogP contribution >= 0.6 is 0 Å². The van der Waals surface area contributed by atoms with Gasteiger partial charge in [0, 0.05) is 55.3 Å². The van der Waals surface area contributed by atoms with Gasteiger partial charge in [0.25, 0.3) is 5.91 Å². The summed E-state index contributed by atoms with van der Waals surface area (Å²) in [5.74, 6) is 0.292. The van der Waals surface area contributed by atoms with Crippen LogP contribution in [0.1, 0.15) is 60.1 Å². The van der Waals surface area contributed by atoms with Crippen LogP contribution in [0.4, 0.5) is 0 Å². The first-order chi connectivity index (χ1) is 18.0. The molecule has 0 aliphatic carbocycles. The Balaban J connectivity index is 1.07. The molecule has 1 amide bonds. The lowest BCUT2D eigenvalue weighted by Crippen LogP contribution is -2.67. The van der Waals surface area contributed by atoms with Gasteiger partial charge in [0.15, 0.2) is 12.1 Å². The number of carbonyl (C=O) groups is 2. The van der Waals surface area contributed by atoms with Gasteiger partial charge in [0.2, 0.25) is 0 Å². The maximum atomic E-state index is 13.1. The largest absolute Gasteiger partial charge is 0.483 e. The topological polar surface area (TPSA) is 92.9 Å². The molecule has 0 radical (unpaired) electrons. The van der Waals surface area contributed by atoms with Crippen molar-refractivity contribution in [2.75, 3.05) is 19.7 Å². The van der Waals surface area contributed by atoms with Gasteiger partial charge >= 0.3 is 0 Å². The van der Waals surface area contributed by atoms with Crippen LogP contribution < -0.4 is 10.2 Å². The number of H-pyrrole nitrogens is 1. The molecule has 8 nitrogen and oxygen atoms in total. The number of fused-ring (bicyclic) bond motifs is 2. The molecule has 1 spiro atoms. The standard InChI is InChI=1S/C29H31N3O5/c1-19(23-16-30-24-7-3-2-6-21(23)24)32-17-29(18-32)15-25(33)22-14-20(9-11-26(22)36-29)10-12-27(34)31-37-28-8-4-5-13-35-28/h2-3,6-7,9-12,14,16,19,28,30H,4-5,8,13,15,17-18H2,1H3,(H,31,34). The van der Waals surface area contributed by atoms with Crippen molar-refractivity contribution in [3.63, 3.8) is 0 Å². The van der Waals surface area contributed by atoms with E-state index in [0.717, 1.165) is 30.3 Å². The van der Waals surface area contributed by atoms with Gasteiger partial charge in [-0.15, -0.1) is 0 Å². The van der Waals surface area contributed by atoms with Crippen molar-refractivity contribution in [3.05, 3.63) is 71.4 Å². The number of para-hydroxylation sites is 1. The van der Waals surface area contributed by atoms with Gasteiger partial charge < -0.3 is 14.5 Å². The van der Waals surface area contributed by atoms with E-state index in [1.807, 2.05) is 18.2 Å². The minimum atomic E-state index is -0.486. The monoisotopic (exact) mass is 501 g/mol. The fourth-order valence-electron chi connectivity index (χ4n) is 5.53. The van der Waals surface area contributed by atoms with E-state index in [4.69, 9.17) is 14.3 Å². The highest BCUT2D eigenvalue weighted by atomic mass is 16.8. The van der Waals surface area contributed by atoms with Crippen molar-refractivity contribution >= 4 is 28.7 Å². The van der Waals surface area contributed by atoms with E-state index in [1.54, 1.807) is 12.1 Å². The number of likely N-dealkylation sites (tertiary alicyclic amines) is 1. The summed E-state index contributed by atoms with van der Waals surface area (Å²) in [5.41, 5.74) is 5.61. The van der Waals surface area contributed by atoms with E-state index >= 15 is 0 Å². The highest BCUT2D eigenvalue weighted by molar-refractivity contribution is 6.01. The number of amides is 1. The summed E-state index contributed by atoms with van der Waals surface area (Å²) >= 11 is 0. The summed E-state index contributed by atoms with van der Waals surface area (Å²) in [6.45, 7) is 4.24. The molecule has 6 rings (SSSR count). The van der Waals surface area contributed by atoms with Crippen LogP contribution in [0.5, 0.6) is 5.75 Å². The molecule has 2 fully saturated rings. The van der Waals surface area contributed by atoms with Gasteiger partial charge in [-0.1, -0.05) is 24.3 Å². The zero-order valence-corrected chi connectivity index (χ0v) is 20.9. The van der Waals surface area contributed by atoms with Crippen LogP contribution in [0.2, 0.25) is 0 Å². The molecule has 37 heavy (non-hydrogen) atoms. The molecular weight excluding hydrogens is 470 g/mol. The lowest BCUT2D eigenvalue weighted by atomic mass is 9.82. The number of hydrogen-bond acceptors (Lipinski definition) is 6. The lowest BCUT2D eigenvalue weighted by Gasteiger charge is -2.53. The molecule has 0 saturated carbocycles. The first-order valence-corrected chi connectivity index (χ1v) is 12.9. The second-order valence-corrected chi connectivity index (χ2v) is 10.2. The number of hydroxylamine groups is 1. The van der Waals surface area contributed by atoms with Crippen molar-refractivity contribution in [2.45, 2.75) is 50.5 Å². The molecule has 3 aliphatic heterocycles. The molecule has 4 heterocycles. The van der Waals surface area contributed by atoms with E-state index < -0.39 is 11.9 Å². The lowest BCUT2D eigenvalue weighted by molar-refractivity contribution is -0.198.